The van der Waals surface area contributed by atoms with Gasteiger partial charge in [-0.25, -0.2) is 0 Å². The summed E-state index contributed by atoms with van der Waals surface area (Å²) in [7, 11) is 0. The summed E-state index contributed by atoms with van der Waals surface area (Å²) in [5, 5.41) is 27.4. The van der Waals surface area contributed by atoms with E-state index in [1.54, 1.807) is 23.5 Å². The van der Waals surface area contributed by atoms with Gasteiger partial charge < -0.3 is 35.9 Å². The van der Waals surface area contributed by atoms with Gasteiger partial charge in [0.1, 0.15) is 0 Å². The first-order valence-corrected chi connectivity index (χ1v) is 9.18. The molecule has 0 fully saturated rings. The summed E-state index contributed by atoms with van der Waals surface area (Å²) in [5.74, 6) is -0.793. The fourth-order valence-corrected chi connectivity index (χ4v) is 2.51. The zero-order valence-corrected chi connectivity index (χ0v) is 15.7. The van der Waals surface area contributed by atoms with Crippen LogP contribution in [0.15, 0.2) is 0 Å². The van der Waals surface area contributed by atoms with Crippen LogP contribution in [0.25, 0.3) is 0 Å². The van der Waals surface area contributed by atoms with Crippen LogP contribution in [0, 0.1) is 0 Å². The molecule has 0 heterocycles. The van der Waals surface area contributed by atoms with Crippen LogP contribution in [0.3, 0.4) is 0 Å². The molecule has 2 atom stereocenters. The number of carbonyl (C=O) groups is 2. The number of aliphatic carboxylic acids is 2. The summed E-state index contributed by atoms with van der Waals surface area (Å²) in [6.45, 7) is 0.742. The summed E-state index contributed by atoms with van der Waals surface area (Å²) in [6.07, 6.45) is 4.79. The van der Waals surface area contributed by atoms with Crippen LogP contribution < -0.4 is 20.8 Å². The molecule has 1 radical (unpaired) electrons. The second-order valence-electron chi connectivity index (χ2n) is 4.21. The van der Waals surface area contributed by atoms with E-state index in [0.717, 1.165) is 11.5 Å². The summed E-state index contributed by atoms with van der Waals surface area (Å²) in [6, 6.07) is -1.39. The van der Waals surface area contributed by atoms with Crippen molar-refractivity contribution < 1.29 is 43.8 Å². The van der Waals surface area contributed by atoms with Gasteiger partial charge in [0.05, 0.1) is 11.9 Å². The fraction of sp³-hybridized carbons (Fsp3) is 0.833. The second kappa shape index (κ2) is 17.5. The maximum atomic E-state index is 10.9. The third kappa shape index (κ3) is 13.7. The average Bonchev–Trinajstić information content (AvgIpc) is 2.40. The maximum absolute atomic E-state index is 10.9. The Hall–Kier alpha value is 0.104. The predicted molar refractivity (Wildman–Crippen MR) is 80.3 cm³/mol. The molecule has 22 heavy (non-hydrogen) atoms. The minimum absolute atomic E-state index is 0. The smallest absolute Gasteiger partial charge is 2.00 e. The largest absolute Gasteiger partial charge is 4.00 e. The number of rotatable bonds is 13. The molecule has 0 aliphatic rings. The molecule has 0 aromatic rings. The van der Waals surface area contributed by atoms with Crippen molar-refractivity contribution in [1.29, 1.82) is 0 Å². The number of carbonyl (C=O) groups excluding carboxylic acids is 2. The van der Waals surface area contributed by atoms with Crippen molar-refractivity contribution in [2.75, 3.05) is 37.1 Å². The molecule has 0 aromatic heterocycles. The number of carboxylic acids is 2. The van der Waals surface area contributed by atoms with Gasteiger partial charge in [-0.3, -0.25) is 0 Å². The molecule has 0 saturated heterocycles. The molecule has 0 amide bonds. The standard InChI is InChI=1S/C12H24N2O4S2.O.V/c1-19-7-3-9(11(15)16)13-5-6-14-10(12(17)18)4-8-20-2;;/h9-10,13-14H,3-8H2,1-2H3,(H,15,16)(H,17,18);;/q;-2;+4/p-2. The molecule has 0 bridgehead atoms. The third-order valence-corrected chi connectivity index (χ3v) is 3.98. The van der Waals surface area contributed by atoms with E-state index in [4.69, 9.17) is 0 Å². The first-order valence-electron chi connectivity index (χ1n) is 6.39. The zero-order valence-electron chi connectivity index (χ0n) is 12.7. The number of carboxylic acid groups (broad SMARTS) is 2. The van der Waals surface area contributed by atoms with Crippen LogP contribution in [0.5, 0.6) is 0 Å². The molecule has 0 rings (SSSR count). The minimum Gasteiger partial charge on any atom is -2.00 e. The van der Waals surface area contributed by atoms with Gasteiger partial charge in [0, 0.05) is 25.2 Å². The van der Waals surface area contributed by atoms with Crippen LogP contribution in [0.1, 0.15) is 12.8 Å². The molecule has 7 nitrogen and oxygen atoms in total. The van der Waals surface area contributed by atoms with Gasteiger partial charge in [-0.15, -0.1) is 0 Å². The zero-order chi connectivity index (χ0) is 15.4. The van der Waals surface area contributed by atoms with Gasteiger partial charge in [-0.2, -0.15) is 23.5 Å². The topological polar surface area (TPSA) is 133 Å². The SMILES string of the molecule is CSCCC(NCCNC(CCSC)C(=O)[O-])C(=O)[O-].[O-2].[V+4]. The van der Waals surface area contributed by atoms with Crippen molar-refractivity contribution >= 4 is 35.5 Å². The molecule has 0 aliphatic heterocycles. The van der Waals surface area contributed by atoms with Gasteiger partial charge in [0.25, 0.3) is 0 Å². The predicted octanol–water partition coefficient (Wildman–Crippen LogP) is -2.21. The van der Waals surface area contributed by atoms with Crippen LogP contribution >= 0.6 is 23.5 Å². The average molecular weight is 389 g/mol. The fourth-order valence-electron chi connectivity index (χ4n) is 1.57. The number of nitrogens with one attached hydrogen (secondary N) is 2. The molecule has 0 aromatic carbocycles. The van der Waals surface area contributed by atoms with Crippen molar-refractivity contribution in [1.82, 2.24) is 10.6 Å². The molecule has 0 saturated carbocycles. The Bertz CT molecular complexity index is 273. The van der Waals surface area contributed by atoms with Crippen LogP contribution in [-0.4, -0.2) is 61.1 Å². The Morgan fingerprint density at radius 2 is 1.23 bits per heavy atom. The number of hydrogen-bond donors (Lipinski definition) is 2. The molecule has 10 heteroatoms. The third-order valence-electron chi connectivity index (χ3n) is 2.70. The molecule has 0 spiro atoms. The molecular formula is C12H22N2O5S2V. The Morgan fingerprint density at radius 1 is 0.909 bits per heavy atom. The number of hydrogen-bond acceptors (Lipinski definition) is 8. The van der Waals surface area contributed by atoms with E-state index in [1.807, 2.05) is 12.5 Å². The van der Waals surface area contributed by atoms with E-state index in [9.17, 15) is 19.8 Å². The van der Waals surface area contributed by atoms with Crippen molar-refractivity contribution in [3.05, 3.63) is 0 Å². The monoisotopic (exact) mass is 389 g/mol. The first-order chi connectivity index (χ1) is 9.52. The molecular weight excluding hydrogens is 367 g/mol. The molecule has 127 valence electrons. The molecule has 2 unspecified atom stereocenters. The molecule has 2 N–H and O–H groups in total. The summed E-state index contributed by atoms with van der Waals surface area (Å²) in [5.41, 5.74) is 0. The van der Waals surface area contributed by atoms with Crippen molar-refractivity contribution in [3.8, 4) is 0 Å². The summed E-state index contributed by atoms with van der Waals surface area (Å²) in [4.78, 5) is 21.7. The van der Waals surface area contributed by atoms with E-state index in [2.05, 4.69) is 10.6 Å². The summed E-state index contributed by atoms with van der Waals surface area (Å²) < 4.78 is 0. The Morgan fingerprint density at radius 3 is 1.45 bits per heavy atom. The van der Waals surface area contributed by atoms with Crippen molar-refractivity contribution in [2.45, 2.75) is 24.9 Å². The van der Waals surface area contributed by atoms with Crippen molar-refractivity contribution in [3.63, 3.8) is 0 Å². The van der Waals surface area contributed by atoms with E-state index in [-0.39, 0.29) is 24.0 Å². The van der Waals surface area contributed by atoms with Crippen LogP contribution in [0.4, 0.5) is 0 Å². The Kier molecular flexibility index (Phi) is 21.4. The van der Waals surface area contributed by atoms with Crippen LogP contribution in [0.2, 0.25) is 0 Å². The van der Waals surface area contributed by atoms with Gasteiger partial charge in [0.15, 0.2) is 0 Å². The first kappa shape index (κ1) is 27.0. The van der Waals surface area contributed by atoms with E-state index < -0.39 is 24.0 Å². The molecule has 0 aliphatic carbocycles. The number of thioether (sulfide) groups is 2. The maximum Gasteiger partial charge on any atom is 4.00 e. The van der Waals surface area contributed by atoms with Crippen LogP contribution in [-0.2, 0) is 33.6 Å². The Labute approximate surface area is 151 Å². The van der Waals surface area contributed by atoms with Gasteiger partial charge in [-0.05, 0) is 36.9 Å². The van der Waals surface area contributed by atoms with E-state index in [1.165, 1.54) is 0 Å². The van der Waals surface area contributed by atoms with Gasteiger partial charge in [0.2, 0.25) is 0 Å². The second-order valence-corrected chi connectivity index (χ2v) is 6.19. The van der Waals surface area contributed by atoms with E-state index in [0.29, 0.717) is 25.9 Å². The summed E-state index contributed by atoms with van der Waals surface area (Å²) >= 11 is 3.14. The van der Waals surface area contributed by atoms with E-state index >= 15 is 0 Å². The van der Waals surface area contributed by atoms with Gasteiger partial charge >= 0.3 is 18.6 Å². The van der Waals surface area contributed by atoms with Gasteiger partial charge in [-0.1, -0.05) is 0 Å². The minimum atomic E-state index is -1.13. The Balaban J connectivity index is -0.00000180. The normalized spacial score (nSPS) is 12.6. The quantitative estimate of drug-likeness (QED) is 0.339. The van der Waals surface area contributed by atoms with Crippen molar-refractivity contribution in [2.24, 2.45) is 0 Å².